The Morgan fingerprint density at radius 1 is 1.00 bits per heavy atom. The van der Waals surface area contributed by atoms with Crippen LogP contribution in [0.15, 0.2) is 59.5 Å². The zero-order chi connectivity index (χ0) is 21.4. The molecule has 0 saturated carbocycles. The van der Waals surface area contributed by atoms with E-state index in [1.165, 1.54) is 26.0 Å². The molecular formula is C21H26N2O5S. The third-order valence-corrected chi connectivity index (χ3v) is 5.79. The van der Waals surface area contributed by atoms with Crippen LogP contribution in [0.5, 0.6) is 0 Å². The molecule has 0 aliphatic carbocycles. The van der Waals surface area contributed by atoms with Crippen molar-refractivity contribution < 1.29 is 22.7 Å². The highest BCUT2D eigenvalue weighted by atomic mass is 32.2. The van der Waals surface area contributed by atoms with E-state index in [2.05, 4.69) is 10.0 Å². The lowest BCUT2D eigenvalue weighted by atomic mass is 10.1. The van der Waals surface area contributed by atoms with Gasteiger partial charge in [0.25, 0.3) is 5.91 Å². The lowest BCUT2D eigenvalue weighted by Crippen LogP contribution is -2.43. The molecule has 2 N–H and O–H groups in total. The van der Waals surface area contributed by atoms with E-state index in [1.54, 1.807) is 12.1 Å². The molecule has 2 aromatic carbocycles. The summed E-state index contributed by atoms with van der Waals surface area (Å²) in [7, 11) is -3.87. The second kappa shape index (κ2) is 10.2. The highest BCUT2D eigenvalue weighted by molar-refractivity contribution is 7.89. The smallest absolute Gasteiger partial charge is 0.324 e. The van der Waals surface area contributed by atoms with Gasteiger partial charge in [-0.05, 0) is 44.9 Å². The fourth-order valence-corrected chi connectivity index (χ4v) is 3.71. The maximum atomic E-state index is 12.4. The molecule has 0 fully saturated rings. The van der Waals surface area contributed by atoms with Crippen molar-refractivity contribution in [3.8, 4) is 0 Å². The van der Waals surface area contributed by atoms with E-state index in [0.29, 0.717) is 13.0 Å². The highest BCUT2D eigenvalue weighted by Crippen LogP contribution is 2.11. The summed E-state index contributed by atoms with van der Waals surface area (Å²) in [4.78, 5) is 24.3. The van der Waals surface area contributed by atoms with Gasteiger partial charge in [0.15, 0.2) is 6.10 Å². The normalized spacial score (nSPS) is 13.3. The summed E-state index contributed by atoms with van der Waals surface area (Å²) in [5.41, 5.74) is 2.00. The SMILES string of the molecule is Cc1ccc(S(=O)(=O)N[C@@H](C)C(=O)OC(C)C(=O)NCCc2ccccc2)cc1. The molecule has 8 heteroatoms. The summed E-state index contributed by atoms with van der Waals surface area (Å²) in [5, 5.41) is 2.70. The average molecular weight is 419 g/mol. The predicted octanol–water partition coefficient (Wildman–Crippen LogP) is 1.95. The number of carbonyl (C=O) groups is 2. The monoisotopic (exact) mass is 418 g/mol. The number of benzene rings is 2. The first-order chi connectivity index (χ1) is 13.7. The van der Waals surface area contributed by atoms with Crippen molar-refractivity contribution in [3.63, 3.8) is 0 Å². The van der Waals surface area contributed by atoms with Crippen molar-refractivity contribution >= 4 is 21.9 Å². The van der Waals surface area contributed by atoms with Gasteiger partial charge in [-0.15, -0.1) is 0 Å². The van der Waals surface area contributed by atoms with Gasteiger partial charge in [0.1, 0.15) is 6.04 Å². The maximum absolute atomic E-state index is 12.4. The molecule has 2 rings (SSSR count). The highest BCUT2D eigenvalue weighted by Gasteiger charge is 2.26. The van der Waals surface area contributed by atoms with Crippen LogP contribution < -0.4 is 10.0 Å². The van der Waals surface area contributed by atoms with Crippen LogP contribution in [0.2, 0.25) is 0 Å². The summed E-state index contributed by atoms with van der Waals surface area (Å²) in [6, 6.07) is 14.8. The van der Waals surface area contributed by atoms with Crippen LogP contribution in [0, 0.1) is 6.92 Å². The Hall–Kier alpha value is -2.71. The van der Waals surface area contributed by atoms with Gasteiger partial charge in [-0.25, -0.2) is 8.42 Å². The first-order valence-electron chi connectivity index (χ1n) is 9.30. The Bertz CT molecular complexity index is 927. The summed E-state index contributed by atoms with van der Waals surface area (Å²) in [5.74, 6) is -1.27. The summed E-state index contributed by atoms with van der Waals surface area (Å²) in [6.45, 7) is 5.06. The lowest BCUT2D eigenvalue weighted by molar-refractivity contribution is -0.156. The standard InChI is InChI=1S/C21H26N2O5S/c1-15-9-11-19(12-10-15)29(26,27)23-16(2)21(25)28-17(3)20(24)22-14-13-18-7-5-4-6-8-18/h4-12,16-17,23H,13-14H2,1-3H3,(H,22,24)/t16-,17?/m0/s1. The Balaban J connectivity index is 1.82. The molecule has 1 unspecified atom stereocenters. The molecule has 0 spiro atoms. The third-order valence-electron chi connectivity index (χ3n) is 4.23. The Morgan fingerprint density at radius 3 is 2.24 bits per heavy atom. The predicted molar refractivity (Wildman–Crippen MR) is 110 cm³/mol. The van der Waals surface area contributed by atoms with E-state index in [4.69, 9.17) is 4.74 Å². The molecule has 2 atom stereocenters. The fourth-order valence-electron chi connectivity index (χ4n) is 2.51. The lowest BCUT2D eigenvalue weighted by Gasteiger charge is -2.17. The molecule has 0 radical (unpaired) electrons. The number of ether oxygens (including phenoxy) is 1. The van der Waals surface area contributed by atoms with Crippen molar-refractivity contribution in [3.05, 3.63) is 65.7 Å². The molecular weight excluding hydrogens is 392 g/mol. The number of carbonyl (C=O) groups excluding carboxylic acids is 2. The van der Waals surface area contributed by atoms with Crippen molar-refractivity contribution in [1.29, 1.82) is 0 Å². The summed E-state index contributed by atoms with van der Waals surface area (Å²) in [6.07, 6.45) is -0.385. The van der Waals surface area contributed by atoms with E-state index in [1.807, 2.05) is 37.3 Å². The van der Waals surface area contributed by atoms with Crippen LogP contribution in [0.25, 0.3) is 0 Å². The van der Waals surface area contributed by atoms with Crippen molar-refractivity contribution in [2.45, 2.75) is 44.2 Å². The number of esters is 1. The number of aryl methyl sites for hydroxylation is 1. The minimum atomic E-state index is -3.87. The largest absolute Gasteiger partial charge is 0.451 e. The third kappa shape index (κ3) is 6.99. The van der Waals surface area contributed by atoms with Gasteiger partial charge in [-0.1, -0.05) is 48.0 Å². The van der Waals surface area contributed by atoms with Gasteiger partial charge in [-0.2, -0.15) is 4.72 Å². The van der Waals surface area contributed by atoms with Gasteiger partial charge in [-0.3, -0.25) is 9.59 Å². The van der Waals surface area contributed by atoms with Crippen LogP contribution >= 0.6 is 0 Å². The van der Waals surface area contributed by atoms with Crippen LogP contribution in [0.3, 0.4) is 0 Å². The molecule has 0 aliphatic rings. The fraction of sp³-hybridized carbons (Fsp3) is 0.333. The number of rotatable bonds is 9. The average Bonchev–Trinajstić information content (AvgIpc) is 2.68. The molecule has 0 saturated heterocycles. The molecule has 0 bridgehead atoms. The van der Waals surface area contributed by atoms with Gasteiger partial charge in [0, 0.05) is 6.54 Å². The number of amides is 1. The number of hydrogen-bond donors (Lipinski definition) is 2. The second-order valence-corrected chi connectivity index (χ2v) is 8.48. The minimum Gasteiger partial charge on any atom is -0.451 e. The molecule has 0 aliphatic heterocycles. The molecule has 1 amide bonds. The van der Waals surface area contributed by atoms with E-state index in [-0.39, 0.29) is 4.90 Å². The zero-order valence-corrected chi connectivity index (χ0v) is 17.5. The van der Waals surface area contributed by atoms with Crippen molar-refractivity contribution in [1.82, 2.24) is 10.0 Å². The quantitative estimate of drug-likeness (QED) is 0.606. The maximum Gasteiger partial charge on any atom is 0.324 e. The Labute approximate surface area is 171 Å². The van der Waals surface area contributed by atoms with Crippen LogP contribution in [-0.2, 0) is 30.8 Å². The zero-order valence-electron chi connectivity index (χ0n) is 16.7. The Kier molecular flexibility index (Phi) is 7.92. The Morgan fingerprint density at radius 2 is 1.62 bits per heavy atom. The van der Waals surface area contributed by atoms with Crippen molar-refractivity contribution in [2.75, 3.05) is 6.54 Å². The number of sulfonamides is 1. The van der Waals surface area contributed by atoms with Crippen LogP contribution in [-0.4, -0.2) is 39.0 Å². The molecule has 2 aromatic rings. The van der Waals surface area contributed by atoms with Gasteiger partial charge < -0.3 is 10.1 Å². The summed E-state index contributed by atoms with van der Waals surface area (Å²) >= 11 is 0. The van der Waals surface area contributed by atoms with E-state index >= 15 is 0 Å². The molecule has 0 heterocycles. The van der Waals surface area contributed by atoms with Crippen molar-refractivity contribution in [2.24, 2.45) is 0 Å². The first kappa shape index (κ1) is 22.6. The minimum absolute atomic E-state index is 0.0504. The molecule has 29 heavy (non-hydrogen) atoms. The first-order valence-corrected chi connectivity index (χ1v) is 10.8. The number of nitrogens with one attached hydrogen (secondary N) is 2. The second-order valence-electron chi connectivity index (χ2n) is 6.76. The molecule has 0 aromatic heterocycles. The van der Waals surface area contributed by atoms with E-state index in [0.717, 1.165) is 11.1 Å². The van der Waals surface area contributed by atoms with E-state index in [9.17, 15) is 18.0 Å². The van der Waals surface area contributed by atoms with Crippen LogP contribution in [0.4, 0.5) is 0 Å². The molecule has 156 valence electrons. The summed E-state index contributed by atoms with van der Waals surface area (Å²) < 4.78 is 32.1. The van der Waals surface area contributed by atoms with Gasteiger partial charge >= 0.3 is 5.97 Å². The van der Waals surface area contributed by atoms with Crippen LogP contribution in [0.1, 0.15) is 25.0 Å². The topological polar surface area (TPSA) is 102 Å². The van der Waals surface area contributed by atoms with Gasteiger partial charge in [0.2, 0.25) is 10.0 Å². The van der Waals surface area contributed by atoms with E-state index < -0.39 is 34.0 Å². The number of hydrogen-bond acceptors (Lipinski definition) is 5. The van der Waals surface area contributed by atoms with Gasteiger partial charge in [0.05, 0.1) is 4.90 Å². The molecule has 7 nitrogen and oxygen atoms in total.